The summed E-state index contributed by atoms with van der Waals surface area (Å²) in [5.41, 5.74) is 2.34. The molecule has 1 saturated heterocycles. The van der Waals surface area contributed by atoms with E-state index in [9.17, 15) is 4.79 Å². The van der Waals surface area contributed by atoms with Gasteiger partial charge in [-0.2, -0.15) is 0 Å². The first-order valence-corrected chi connectivity index (χ1v) is 12.8. The summed E-state index contributed by atoms with van der Waals surface area (Å²) in [5, 5.41) is 10.5. The van der Waals surface area contributed by atoms with Gasteiger partial charge in [0.1, 0.15) is 0 Å². The van der Waals surface area contributed by atoms with Crippen LogP contribution in [0.25, 0.3) is 0 Å². The minimum absolute atomic E-state index is 0.00496. The third-order valence-electron chi connectivity index (χ3n) is 6.96. The van der Waals surface area contributed by atoms with E-state index in [1.54, 1.807) is 0 Å². The highest BCUT2D eigenvalue weighted by Crippen LogP contribution is 2.35. The molecule has 0 bridgehead atoms. The van der Waals surface area contributed by atoms with Gasteiger partial charge in [-0.3, -0.25) is 0 Å². The van der Waals surface area contributed by atoms with Gasteiger partial charge >= 0.3 is 6.03 Å². The van der Waals surface area contributed by atoms with Crippen LogP contribution in [0, 0.1) is 5.92 Å². The fourth-order valence-corrected chi connectivity index (χ4v) is 5.52. The molecule has 1 saturated carbocycles. The van der Waals surface area contributed by atoms with Gasteiger partial charge in [-0.25, -0.2) is 4.79 Å². The van der Waals surface area contributed by atoms with Crippen molar-refractivity contribution < 1.29 is 4.79 Å². The molecule has 2 atom stereocenters. The Bertz CT molecular complexity index is 850. The number of carbonyl (C=O) groups is 1. The third kappa shape index (κ3) is 6.47. The minimum atomic E-state index is -0.00496. The Labute approximate surface area is 203 Å². The normalized spacial score (nSPS) is 20.1. The van der Waals surface area contributed by atoms with Crippen LogP contribution in [-0.2, 0) is 0 Å². The lowest BCUT2D eigenvalue weighted by atomic mass is 9.78. The Morgan fingerprint density at radius 2 is 1.48 bits per heavy atom. The summed E-state index contributed by atoms with van der Waals surface area (Å²) in [4.78, 5) is 14.9. The molecule has 2 fully saturated rings. The predicted octanol–water partition coefficient (Wildman–Crippen LogP) is 4.99. The molecule has 3 N–H and O–H groups in total. The Morgan fingerprint density at radius 3 is 2.18 bits per heavy atom. The monoisotopic (exact) mass is 464 g/mol. The summed E-state index contributed by atoms with van der Waals surface area (Å²) >= 11 is 5.58. The summed E-state index contributed by atoms with van der Waals surface area (Å²) in [7, 11) is 0. The van der Waals surface area contributed by atoms with Crippen LogP contribution in [0.3, 0.4) is 0 Å². The molecule has 6 heteroatoms. The molecule has 4 rings (SSSR count). The number of rotatable bonds is 7. The van der Waals surface area contributed by atoms with Gasteiger partial charge in [0.15, 0.2) is 5.11 Å². The van der Waals surface area contributed by atoms with Crippen LogP contribution < -0.4 is 16.0 Å². The lowest BCUT2D eigenvalue weighted by Gasteiger charge is -2.44. The van der Waals surface area contributed by atoms with E-state index in [4.69, 9.17) is 12.2 Å². The molecule has 1 aliphatic carbocycles. The SMILES string of the molecule is O=C(NCCCNC(=S)NC(c1ccccc1)c1ccccc1)N1CCCC2CCCCC21. The number of benzene rings is 2. The van der Waals surface area contributed by atoms with Crippen molar-refractivity contribution in [2.75, 3.05) is 19.6 Å². The number of fused-ring (bicyclic) bond motifs is 1. The maximum atomic E-state index is 12.8. The lowest BCUT2D eigenvalue weighted by Crippen LogP contribution is -2.53. The number of carbonyl (C=O) groups excluding carboxylic acids is 1. The zero-order valence-electron chi connectivity index (χ0n) is 19.3. The molecule has 176 valence electrons. The van der Waals surface area contributed by atoms with Crippen LogP contribution >= 0.6 is 12.2 Å². The van der Waals surface area contributed by atoms with Gasteiger partial charge in [0.2, 0.25) is 0 Å². The van der Waals surface area contributed by atoms with E-state index in [1.807, 2.05) is 36.4 Å². The third-order valence-corrected chi connectivity index (χ3v) is 7.22. The number of piperidine rings is 1. The smallest absolute Gasteiger partial charge is 0.317 e. The van der Waals surface area contributed by atoms with Gasteiger partial charge in [-0.1, -0.05) is 73.5 Å². The number of nitrogens with one attached hydrogen (secondary N) is 3. The summed E-state index contributed by atoms with van der Waals surface area (Å²) in [6.07, 6.45) is 8.30. The topological polar surface area (TPSA) is 56.4 Å². The van der Waals surface area contributed by atoms with Crippen molar-refractivity contribution in [2.24, 2.45) is 5.92 Å². The molecular weight excluding hydrogens is 428 g/mol. The molecule has 33 heavy (non-hydrogen) atoms. The zero-order valence-corrected chi connectivity index (χ0v) is 20.2. The number of nitrogens with zero attached hydrogens (tertiary/aromatic N) is 1. The Balaban J connectivity index is 1.21. The summed E-state index contributed by atoms with van der Waals surface area (Å²) in [6.45, 7) is 2.28. The average molecular weight is 465 g/mol. The number of hydrogen-bond donors (Lipinski definition) is 3. The van der Waals surface area contributed by atoms with Gasteiger partial charge in [-0.05, 0) is 61.4 Å². The summed E-state index contributed by atoms with van der Waals surface area (Å²) in [5.74, 6) is 0.713. The molecule has 2 aliphatic rings. The van der Waals surface area contributed by atoms with Crippen molar-refractivity contribution in [3.05, 3.63) is 71.8 Å². The average Bonchev–Trinajstić information content (AvgIpc) is 2.87. The number of amides is 2. The van der Waals surface area contributed by atoms with E-state index in [2.05, 4.69) is 45.1 Å². The molecular formula is C27H36N4OS. The van der Waals surface area contributed by atoms with Gasteiger partial charge in [-0.15, -0.1) is 0 Å². The molecule has 2 aromatic rings. The molecule has 2 amide bonds. The van der Waals surface area contributed by atoms with Gasteiger partial charge in [0.05, 0.1) is 6.04 Å². The highest BCUT2D eigenvalue weighted by Gasteiger charge is 2.35. The Kier molecular flexibility index (Phi) is 8.59. The summed E-state index contributed by atoms with van der Waals surface area (Å²) < 4.78 is 0. The van der Waals surface area contributed by atoms with Crippen LogP contribution in [-0.4, -0.2) is 41.7 Å². The first-order valence-electron chi connectivity index (χ1n) is 12.4. The fourth-order valence-electron chi connectivity index (χ4n) is 5.30. The first-order chi connectivity index (χ1) is 16.2. The van der Waals surface area contributed by atoms with Gasteiger partial charge in [0.25, 0.3) is 0 Å². The van der Waals surface area contributed by atoms with Crippen LogP contribution in [0.1, 0.15) is 62.1 Å². The fraction of sp³-hybridized carbons (Fsp3) is 0.481. The maximum Gasteiger partial charge on any atom is 0.317 e. The largest absolute Gasteiger partial charge is 0.363 e. The highest BCUT2D eigenvalue weighted by atomic mass is 32.1. The maximum absolute atomic E-state index is 12.8. The zero-order chi connectivity index (χ0) is 22.9. The molecule has 0 spiro atoms. The van der Waals surface area contributed by atoms with Gasteiger partial charge in [0, 0.05) is 25.7 Å². The molecule has 2 unspecified atom stereocenters. The molecule has 2 aromatic carbocycles. The Hall–Kier alpha value is -2.60. The second-order valence-corrected chi connectivity index (χ2v) is 9.60. The van der Waals surface area contributed by atoms with Crippen molar-refractivity contribution in [3.63, 3.8) is 0 Å². The van der Waals surface area contributed by atoms with E-state index in [0.717, 1.165) is 19.4 Å². The predicted molar refractivity (Wildman–Crippen MR) is 138 cm³/mol. The quantitative estimate of drug-likeness (QED) is 0.399. The van der Waals surface area contributed by atoms with E-state index in [-0.39, 0.29) is 12.1 Å². The van der Waals surface area contributed by atoms with Crippen molar-refractivity contribution in [2.45, 2.75) is 57.0 Å². The number of likely N-dealkylation sites (tertiary alicyclic amines) is 1. The molecule has 5 nitrogen and oxygen atoms in total. The van der Waals surface area contributed by atoms with E-state index in [1.165, 1.54) is 43.2 Å². The van der Waals surface area contributed by atoms with E-state index < -0.39 is 0 Å². The van der Waals surface area contributed by atoms with E-state index >= 15 is 0 Å². The number of thiocarbonyl (C=S) groups is 1. The highest BCUT2D eigenvalue weighted by molar-refractivity contribution is 7.80. The molecule has 1 heterocycles. The number of hydrogen-bond acceptors (Lipinski definition) is 2. The molecule has 0 radical (unpaired) electrons. The standard InChI is InChI=1S/C27H36N4OS/c32-27(31-20-9-16-21-11-7-8-17-24(21)31)29-19-10-18-28-26(33)30-25(22-12-3-1-4-13-22)23-14-5-2-6-15-23/h1-6,12-15,21,24-25H,7-11,16-20H2,(H,29,32)(H2,28,30,33). The van der Waals surface area contributed by atoms with Crippen LogP contribution in [0.15, 0.2) is 60.7 Å². The van der Waals surface area contributed by atoms with Gasteiger partial charge < -0.3 is 20.9 Å². The first kappa shape index (κ1) is 23.6. The molecule has 1 aliphatic heterocycles. The Morgan fingerprint density at radius 1 is 0.879 bits per heavy atom. The van der Waals surface area contributed by atoms with Crippen LogP contribution in [0.2, 0.25) is 0 Å². The second kappa shape index (κ2) is 12.0. The van der Waals surface area contributed by atoms with Crippen molar-refractivity contribution in [1.29, 1.82) is 0 Å². The van der Waals surface area contributed by atoms with Crippen molar-refractivity contribution in [3.8, 4) is 0 Å². The number of urea groups is 1. The van der Waals surface area contributed by atoms with E-state index in [0.29, 0.717) is 30.2 Å². The minimum Gasteiger partial charge on any atom is -0.363 e. The van der Waals surface area contributed by atoms with Crippen LogP contribution in [0.4, 0.5) is 4.79 Å². The lowest BCUT2D eigenvalue weighted by molar-refractivity contribution is 0.0843. The second-order valence-electron chi connectivity index (χ2n) is 9.19. The van der Waals surface area contributed by atoms with Crippen LogP contribution in [0.5, 0.6) is 0 Å². The van der Waals surface area contributed by atoms with Crippen molar-refractivity contribution >= 4 is 23.4 Å². The molecule has 0 aromatic heterocycles. The van der Waals surface area contributed by atoms with Crippen molar-refractivity contribution in [1.82, 2.24) is 20.9 Å². The summed E-state index contributed by atoms with van der Waals surface area (Å²) in [6, 6.07) is 21.2.